The van der Waals surface area contributed by atoms with E-state index in [-0.39, 0.29) is 0 Å². The van der Waals surface area contributed by atoms with Crippen molar-refractivity contribution in [3.63, 3.8) is 0 Å². The summed E-state index contributed by atoms with van der Waals surface area (Å²) < 4.78 is 0. The van der Waals surface area contributed by atoms with Gasteiger partial charge < -0.3 is 15.0 Å². The third kappa shape index (κ3) is 8.97. The van der Waals surface area contributed by atoms with Gasteiger partial charge in [-0.15, -0.1) is 0 Å². The zero-order chi connectivity index (χ0) is 28.3. The normalized spacial score (nSPS) is 10.4. The SMILES string of the molecule is CC(=O)O.CC(=O)[O-].Cc1ccc(C[P+](c2ccc(C)cc2)(c2ccc(C)cc2)c2ccc(C)cc2)cc1. The molecule has 198 valence electrons. The molecule has 1 N–H and O–H groups in total. The Hall–Kier alpha value is -3.75. The van der Waals surface area contributed by atoms with Crippen molar-refractivity contribution >= 4 is 35.1 Å². The third-order valence-electron chi connectivity index (χ3n) is 5.96. The van der Waals surface area contributed by atoms with Crippen LogP contribution >= 0.6 is 7.26 Å². The zero-order valence-electron chi connectivity index (χ0n) is 23.1. The van der Waals surface area contributed by atoms with Crippen molar-refractivity contribution in [2.24, 2.45) is 0 Å². The highest BCUT2D eigenvalue weighted by molar-refractivity contribution is 7.95. The first kappa shape index (κ1) is 30.5. The molecular weight excluding hydrogens is 491 g/mol. The van der Waals surface area contributed by atoms with Crippen LogP contribution in [0.15, 0.2) is 97.1 Å². The first-order valence-electron chi connectivity index (χ1n) is 12.5. The molecule has 0 aliphatic heterocycles. The molecule has 0 aliphatic rings. The van der Waals surface area contributed by atoms with Gasteiger partial charge in [0.1, 0.15) is 23.2 Å². The van der Waals surface area contributed by atoms with Gasteiger partial charge >= 0.3 is 0 Å². The number of carbonyl (C=O) groups is 2. The van der Waals surface area contributed by atoms with Crippen LogP contribution in [0.2, 0.25) is 0 Å². The Bertz CT molecular complexity index is 1180. The lowest BCUT2D eigenvalue weighted by atomic mass is 10.2. The van der Waals surface area contributed by atoms with Crippen LogP contribution < -0.4 is 21.0 Å². The van der Waals surface area contributed by atoms with Crippen LogP contribution in [0.3, 0.4) is 0 Å². The van der Waals surface area contributed by atoms with E-state index < -0.39 is 19.2 Å². The first-order chi connectivity index (χ1) is 17.9. The molecule has 0 saturated carbocycles. The second kappa shape index (κ2) is 14.3. The number of benzene rings is 4. The van der Waals surface area contributed by atoms with Crippen LogP contribution in [-0.4, -0.2) is 17.0 Å². The highest BCUT2D eigenvalue weighted by Crippen LogP contribution is 2.58. The van der Waals surface area contributed by atoms with E-state index in [0.717, 1.165) is 20.0 Å². The lowest BCUT2D eigenvalue weighted by molar-refractivity contribution is -0.302. The fraction of sp³-hybridized carbons (Fsp3) is 0.212. The Kier molecular flexibility index (Phi) is 11.4. The molecule has 0 atom stereocenters. The minimum Gasteiger partial charge on any atom is -0.550 e. The molecule has 4 aromatic rings. The van der Waals surface area contributed by atoms with Crippen molar-refractivity contribution in [1.82, 2.24) is 0 Å². The van der Waals surface area contributed by atoms with E-state index in [4.69, 9.17) is 19.8 Å². The van der Waals surface area contributed by atoms with Crippen molar-refractivity contribution in [1.29, 1.82) is 0 Å². The van der Waals surface area contributed by atoms with Gasteiger partial charge in [-0.3, -0.25) is 4.79 Å². The van der Waals surface area contributed by atoms with Gasteiger partial charge in [0.05, 0.1) is 6.16 Å². The van der Waals surface area contributed by atoms with Gasteiger partial charge in [0, 0.05) is 12.9 Å². The predicted molar refractivity (Wildman–Crippen MR) is 158 cm³/mol. The van der Waals surface area contributed by atoms with Crippen LogP contribution in [0.5, 0.6) is 0 Å². The third-order valence-corrected chi connectivity index (χ3v) is 10.3. The van der Waals surface area contributed by atoms with Crippen LogP contribution in [0.25, 0.3) is 0 Å². The quantitative estimate of drug-likeness (QED) is 0.359. The number of carbonyl (C=O) groups excluding carboxylic acids is 1. The molecule has 0 heterocycles. The summed E-state index contributed by atoms with van der Waals surface area (Å²) in [7, 11) is -1.85. The van der Waals surface area contributed by atoms with Gasteiger partial charge in [-0.1, -0.05) is 82.9 Å². The molecule has 4 rings (SSSR count). The minimum absolute atomic E-state index is 0.833. The maximum atomic E-state index is 9.00. The largest absolute Gasteiger partial charge is 0.550 e. The monoisotopic (exact) mass is 528 g/mol. The number of aliphatic carboxylic acids is 2. The molecule has 38 heavy (non-hydrogen) atoms. The average molecular weight is 529 g/mol. The van der Waals surface area contributed by atoms with Crippen molar-refractivity contribution in [2.45, 2.75) is 47.7 Å². The van der Waals surface area contributed by atoms with Crippen LogP contribution in [0.1, 0.15) is 41.7 Å². The standard InChI is InChI=1S/C29H30P.2C2H4O2/c1-22-5-13-26(14-6-22)21-30(27-15-7-23(2)8-16-27,28-17-9-24(3)10-18-28)29-19-11-25(4)12-20-29;2*1-2(3)4/h5-20H,21H2,1-4H3;2*1H3,(H,3,4)/q+1;;/p-1. The Morgan fingerprint density at radius 2 is 0.789 bits per heavy atom. The highest BCUT2D eigenvalue weighted by atomic mass is 31.2. The Morgan fingerprint density at radius 3 is 1.03 bits per heavy atom. The van der Waals surface area contributed by atoms with E-state index in [1.54, 1.807) is 0 Å². The van der Waals surface area contributed by atoms with E-state index in [1.807, 2.05) is 0 Å². The molecule has 0 amide bonds. The summed E-state index contributed by atoms with van der Waals surface area (Å²) in [6.45, 7) is 10.7. The van der Waals surface area contributed by atoms with Gasteiger partial charge in [0.2, 0.25) is 0 Å². The highest BCUT2D eigenvalue weighted by Gasteiger charge is 2.45. The maximum Gasteiger partial charge on any atom is 0.300 e. The fourth-order valence-electron chi connectivity index (χ4n) is 4.09. The van der Waals surface area contributed by atoms with E-state index in [9.17, 15) is 0 Å². The molecule has 0 bridgehead atoms. The predicted octanol–water partition coefficient (Wildman–Crippen LogP) is 5.26. The fourth-order valence-corrected chi connectivity index (χ4v) is 8.26. The molecule has 4 nitrogen and oxygen atoms in total. The van der Waals surface area contributed by atoms with E-state index in [0.29, 0.717) is 0 Å². The Morgan fingerprint density at radius 1 is 0.579 bits per heavy atom. The maximum absolute atomic E-state index is 9.00. The van der Waals surface area contributed by atoms with Gasteiger partial charge in [-0.05, 0) is 76.6 Å². The summed E-state index contributed by atoms with van der Waals surface area (Å²) in [5.74, 6) is -1.92. The number of rotatable bonds is 5. The first-order valence-corrected chi connectivity index (χ1v) is 14.4. The number of carboxylic acids is 2. The lowest BCUT2D eigenvalue weighted by Gasteiger charge is -2.28. The molecule has 0 fully saturated rings. The topological polar surface area (TPSA) is 77.4 Å². The van der Waals surface area contributed by atoms with Crippen molar-refractivity contribution in [2.75, 3.05) is 0 Å². The molecule has 0 aliphatic carbocycles. The molecular formula is C33H37O4P. The average Bonchev–Trinajstić information content (AvgIpc) is 2.85. The lowest BCUT2D eigenvalue weighted by Crippen LogP contribution is -2.32. The summed E-state index contributed by atoms with van der Waals surface area (Å²) in [4.78, 5) is 17.9. The second-order valence-corrected chi connectivity index (χ2v) is 13.0. The summed E-state index contributed by atoms with van der Waals surface area (Å²) in [5, 5.41) is 20.6. The Labute approximate surface area is 227 Å². The van der Waals surface area contributed by atoms with Gasteiger partial charge in [-0.2, -0.15) is 0 Å². The minimum atomic E-state index is -1.85. The summed E-state index contributed by atoms with van der Waals surface area (Å²) >= 11 is 0. The Balaban J connectivity index is 0.000000559. The van der Waals surface area contributed by atoms with Crippen molar-refractivity contribution < 1.29 is 19.8 Å². The summed E-state index contributed by atoms with van der Waals surface area (Å²) in [5.41, 5.74) is 6.62. The van der Waals surface area contributed by atoms with Crippen LogP contribution in [0, 0.1) is 27.7 Å². The van der Waals surface area contributed by atoms with E-state index in [1.165, 1.54) is 43.7 Å². The molecule has 0 spiro atoms. The van der Waals surface area contributed by atoms with Gasteiger partial charge in [-0.25, -0.2) is 0 Å². The van der Waals surface area contributed by atoms with Crippen LogP contribution in [0.4, 0.5) is 0 Å². The van der Waals surface area contributed by atoms with Gasteiger partial charge in [0.25, 0.3) is 5.97 Å². The van der Waals surface area contributed by atoms with Crippen molar-refractivity contribution in [3.8, 4) is 0 Å². The zero-order valence-corrected chi connectivity index (χ0v) is 24.0. The molecule has 4 aromatic carbocycles. The summed E-state index contributed by atoms with van der Waals surface area (Å²) in [6.07, 6.45) is 1.03. The molecule has 0 unspecified atom stereocenters. The van der Waals surface area contributed by atoms with E-state index in [2.05, 4.69) is 125 Å². The molecule has 5 heteroatoms. The summed E-state index contributed by atoms with van der Waals surface area (Å²) in [6, 6.07) is 36.8. The van der Waals surface area contributed by atoms with Crippen molar-refractivity contribution in [3.05, 3.63) is 125 Å². The number of hydrogen-bond donors (Lipinski definition) is 1. The molecule has 0 saturated heterocycles. The number of carboxylic acid groups (broad SMARTS) is 2. The smallest absolute Gasteiger partial charge is 0.300 e. The van der Waals surface area contributed by atoms with Gasteiger partial charge in [0.15, 0.2) is 0 Å². The number of aryl methyl sites for hydroxylation is 4. The van der Waals surface area contributed by atoms with E-state index >= 15 is 0 Å². The second-order valence-electron chi connectivity index (χ2n) is 9.47. The molecule has 0 radical (unpaired) electrons. The number of hydrogen-bond acceptors (Lipinski definition) is 3. The molecule has 0 aromatic heterocycles. The van der Waals surface area contributed by atoms with Crippen LogP contribution in [-0.2, 0) is 15.8 Å².